The number of aliphatic hydroxyl groups is 4. The van der Waals surface area contributed by atoms with Crippen molar-refractivity contribution in [1.29, 1.82) is 0 Å². The summed E-state index contributed by atoms with van der Waals surface area (Å²) in [5.41, 5.74) is -1.37. The third-order valence-electron chi connectivity index (χ3n) is 3.12. The van der Waals surface area contributed by atoms with Crippen LogP contribution in [-0.4, -0.2) is 70.1 Å². The fourth-order valence-corrected chi connectivity index (χ4v) is 2.14. The van der Waals surface area contributed by atoms with Gasteiger partial charge in [0.1, 0.15) is 12.2 Å². The minimum atomic E-state index is -1.39. The van der Waals surface area contributed by atoms with Crippen LogP contribution in [0.25, 0.3) is 0 Å². The van der Waals surface area contributed by atoms with Crippen LogP contribution < -0.4 is 0 Å². The van der Waals surface area contributed by atoms with E-state index in [4.69, 9.17) is 9.84 Å². The number of carbonyl (C=O) groups is 1. The Balaban J connectivity index is -0.000000405. The van der Waals surface area contributed by atoms with Crippen molar-refractivity contribution in [3.63, 3.8) is 0 Å². The van der Waals surface area contributed by atoms with Crippen LogP contribution >= 0.6 is 0 Å². The van der Waals surface area contributed by atoms with Gasteiger partial charge in [-0.25, -0.2) is 4.79 Å². The van der Waals surface area contributed by atoms with E-state index in [-0.39, 0.29) is 189 Å². The summed E-state index contributed by atoms with van der Waals surface area (Å²) in [4.78, 5) is 11.6. The number of esters is 1. The van der Waals surface area contributed by atoms with E-state index < -0.39 is 42.6 Å². The first-order valence-corrected chi connectivity index (χ1v) is 5.75. The monoisotopic (exact) mass is 1170 g/mol. The maximum absolute atomic E-state index is 11.6. The first-order valence-electron chi connectivity index (χ1n) is 5.75. The summed E-state index contributed by atoms with van der Waals surface area (Å²) >= 11 is 0. The smallest absolute Gasteiger partial charge is 0.337 e. The van der Waals surface area contributed by atoms with E-state index >= 15 is 0 Å². The second-order valence-corrected chi connectivity index (χ2v) is 4.71. The predicted molar refractivity (Wildman–Crippen MR) is 59.6 cm³/mol. The standard InChI is InChI=1S/C11H20O7.4Ac/c1-11(10(16)17-2)4-6(13)3-8(18-11)9(15)7(14)5-12;;;;/h6-9,12-15H,3-5H2,1-2H3;;;;. The number of carbonyl (C=O) groups excluding carboxylic acids is 1. The molecule has 0 aromatic rings. The Morgan fingerprint density at radius 1 is 1.32 bits per heavy atom. The van der Waals surface area contributed by atoms with Crippen molar-refractivity contribution in [2.45, 2.75) is 49.8 Å². The van der Waals surface area contributed by atoms with Crippen LogP contribution in [-0.2, 0) is 14.3 Å². The van der Waals surface area contributed by atoms with E-state index in [9.17, 15) is 20.1 Å². The number of rotatable bonds is 4. The Morgan fingerprint density at radius 2 is 1.82 bits per heavy atom. The van der Waals surface area contributed by atoms with Gasteiger partial charge in [-0.1, -0.05) is 0 Å². The molecule has 0 aromatic carbocycles. The Labute approximate surface area is 273 Å². The van der Waals surface area contributed by atoms with Crippen molar-refractivity contribution in [1.82, 2.24) is 0 Å². The molecule has 0 bridgehead atoms. The van der Waals surface area contributed by atoms with Crippen LogP contribution in [0.5, 0.6) is 0 Å². The number of hydrogen-bond acceptors (Lipinski definition) is 7. The van der Waals surface area contributed by atoms with E-state index in [2.05, 4.69) is 4.74 Å². The van der Waals surface area contributed by atoms with Gasteiger partial charge in [-0.15, -0.1) is 0 Å². The van der Waals surface area contributed by atoms with Gasteiger partial charge in [-0.3, -0.25) is 0 Å². The summed E-state index contributed by atoms with van der Waals surface area (Å²) in [7, 11) is 1.20. The minimum absolute atomic E-state index is 0. The van der Waals surface area contributed by atoms with Gasteiger partial charge in [0.05, 0.1) is 25.9 Å². The van der Waals surface area contributed by atoms with Crippen molar-refractivity contribution in [3.05, 3.63) is 0 Å². The van der Waals surface area contributed by atoms with E-state index in [1.165, 1.54) is 14.0 Å². The molecule has 0 aromatic heterocycles. The second kappa shape index (κ2) is 16.9. The molecule has 1 aliphatic heterocycles. The van der Waals surface area contributed by atoms with E-state index in [0.29, 0.717) is 0 Å². The van der Waals surface area contributed by atoms with Crippen LogP contribution in [0.1, 0.15) is 19.8 Å². The van der Waals surface area contributed by atoms with E-state index in [1.54, 1.807) is 0 Å². The summed E-state index contributed by atoms with van der Waals surface area (Å²) in [6.45, 7) is 0.818. The first kappa shape index (κ1) is 34.5. The molecular weight excluding hydrogens is 1150 g/mol. The van der Waals surface area contributed by atoms with Gasteiger partial charge in [-0.2, -0.15) is 0 Å². The largest absolute Gasteiger partial charge is 0.467 e. The summed E-state index contributed by atoms with van der Waals surface area (Å²) in [5, 5.41) is 37.6. The average Bonchev–Trinajstić information content (AvgIpc) is 2.34. The zero-order valence-corrected chi connectivity index (χ0v) is 31.7. The van der Waals surface area contributed by atoms with Gasteiger partial charge >= 0.3 is 5.97 Å². The SMILES string of the molecule is COC(=O)C1(C)CC(O)CC(C(O)C(O)CO)O1.[Ac].[Ac].[Ac].[Ac]. The molecule has 5 atom stereocenters. The van der Waals surface area contributed by atoms with Crippen LogP contribution in [0.3, 0.4) is 0 Å². The van der Waals surface area contributed by atoms with Gasteiger partial charge in [-0.05, 0) is 6.92 Å². The summed E-state index contributed by atoms with van der Waals surface area (Å²) < 4.78 is 10.0. The van der Waals surface area contributed by atoms with Crippen LogP contribution in [0, 0.1) is 176 Å². The van der Waals surface area contributed by atoms with Crippen molar-refractivity contribution >= 4 is 5.97 Å². The van der Waals surface area contributed by atoms with E-state index in [1.807, 2.05) is 0 Å². The molecule has 11 heteroatoms. The third-order valence-corrected chi connectivity index (χ3v) is 3.12. The molecule has 1 fully saturated rings. The summed E-state index contributed by atoms with van der Waals surface area (Å²) in [6.07, 6.45) is -4.44. The Kier molecular flexibility index (Phi) is 26.6. The molecule has 22 heavy (non-hydrogen) atoms. The van der Waals surface area contributed by atoms with Gasteiger partial charge in [0, 0.05) is 189 Å². The average molecular weight is 1170 g/mol. The molecule has 0 spiro atoms. The van der Waals surface area contributed by atoms with Gasteiger partial charge in [0.2, 0.25) is 0 Å². The normalized spacial score (nSPS) is 29.4. The molecule has 7 nitrogen and oxygen atoms in total. The number of methoxy groups -OCH3 is 1. The quantitative estimate of drug-likeness (QED) is 0.246. The molecule has 0 aliphatic carbocycles. The van der Waals surface area contributed by atoms with Gasteiger partial charge in [0.15, 0.2) is 5.60 Å². The Morgan fingerprint density at radius 3 is 2.23 bits per heavy atom. The molecule has 1 rings (SSSR count). The summed E-state index contributed by atoms with van der Waals surface area (Å²) in [6, 6.07) is 0. The molecule has 0 amide bonds. The minimum Gasteiger partial charge on any atom is -0.467 e. The van der Waals surface area contributed by atoms with Gasteiger partial charge < -0.3 is 29.9 Å². The van der Waals surface area contributed by atoms with Crippen LogP contribution in [0.4, 0.5) is 0 Å². The maximum Gasteiger partial charge on any atom is 0.337 e. The number of aliphatic hydroxyl groups excluding tert-OH is 4. The molecule has 4 N–H and O–H groups in total. The molecule has 1 heterocycles. The van der Waals surface area contributed by atoms with E-state index in [0.717, 1.165) is 0 Å². The number of ether oxygens (including phenoxy) is 2. The fraction of sp³-hybridized carbons (Fsp3) is 0.909. The summed E-state index contributed by atoms with van der Waals surface area (Å²) in [5.74, 6) is -0.656. The van der Waals surface area contributed by atoms with Crippen molar-refractivity contribution in [2.75, 3.05) is 13.7 Å². The molecule has 5 unspecified atom stereocenters. The van der Waals surface area contributed by atoms with Crippen LogP contribution in [0.2, 0.25) is 0 Å². The maximum atomic E-state index is 11.6. The Hall–Kier alpha value is 5.04. The molecule has 1 saturated heterocycles. The first-order chi connectivity index (χ1) is 8.34. The van der Waals surface area contributed by atoms with Crippen molar-refractivity contribution < 1.29 is 211 Å². The molecule has 4 radical (unpaired) electrons. The fourth-order valence-electron chi connectivity index (χ4n) is 2.14. The third kappa shape index (κ3) is 10.5. The topological polar surface area (TPSA) is 116 Å². The zero-order chi connectivity index (χ0) is 13.9. The zero-order valence-electron chi connectivity index (χ0n) is 12.8. The molecule has 1 aliphatic rings. The van der Waals surface area contributed by atoms with Crippen molar-refractivity contribution in [3.8, 4) is 0 Å². The molecular formula is C11H20Ac4O7. The Bertz CT molecular complexity index is 310. The van der Waals surface area contributed by atoms with Crippen LogP contribution in [0.15, 0.2) is 0 Å². The predicted octanol–water partition coefficient (Wildman–Crippen LogP) is -1.83. The van der Waals surface area contributed by atoms with Gasteiger partial charge in [0.25, 0.3) is 0 Å². The second-order valence-electron chi connectivity index (χ2n) is 4.71. The molecule has 118 valence electrons. The van der Waals surface area contributed by atoms with Crippen molar-refractivity contribution in [2.24, 2.45) is 0 Å². The molecule has 0 saturated carbocycles. The number of hydrogen-bond donors (Lipinski definition) is 4.